The average Bonchev–Trinajstić information content (AvgIpc) is 3.35. The van der Waals surface area contributed by atoms with Crippen LogP contribution in [0.3, 0.4) is 0 Å². The van der Waals surface area contributed by atoms with Gasteiger partial charge in [-0.1, -0.05) is 53.6 Å². The number of piperidine rings is 1. The van der Waals surface area contributed by atoms with Crippen LogP contribution in [0.4, 0.5) is 14.5 Å². The molecule has 0 bridgehead atoms. The predicted molar refractivity (Wildman–Crippen MR) is 144 cm³/mol. The summed E-state index contributed by atoms with van der Waals surface area (Å²) >= 11 is 7.69. The fourth-order valence-corrected chi connectivity index (χ4v) is 5.97. The number of rotatable bonds is 5. The third-order valence-electron chi connectivity index (χ3n) is 6.69. The highest BCUT2D eigenvalue weighted by Gasteiger charge is 2.33. The molecule has 0 spiro atoms. The second kappa shape index (κ2) is 10.6. The summed E-state index contributed by atoms with van der Waals surface area (Å²) in [7, 11) is 0. The van der Waals surface area contributed by atoms with Crippen molar-refractivity contribution in [2.24, 2.45) is 0 Å². The number of halogens is 3. The Balaban J connectivity index is 1.40. The number of hydrogen-bond donors (Lipinski definition) is 0. The molecule has 0 saturated carbocycles. The van der Waals surface area contributed by atoms with Crippen molar-refractivity contribution in [2.75, 3.05) is 13.1 Å². The maximum atomic E-state index is 14.6. The summed E-state index contributed by atoms with van der Waals surface area (Å²) < 4.78 is 28.9. The molecule has 10 heteroatoms. The van der Waals surface area contributed by atoms with E-state index < -0.39 is 33.7 Å². The van der Waals surface area contributed by atoms with E-state index >= 15 is 0 Å². The van der Waals surface area contributed by atoms with Crippen LogP contribution in [0.25, 0.3) is 21.7 Å². The van der Waals surface area contributed by atoms with Crippen LogP contribution in [0.1, 0.15) is 39.7 Å². The lowest BCUT2D eigenvalue weighted by Crippen LogP contribution is -2.38. The molecule has 0 unspecified atom stereocenters. The van der Waals surface area contributed by atoms with Crippen LogP contribution >= 0.6 is 22.9 Å². The molecule has 1 amide bonds. The van der Waals surface area contributed by atoms with Gasteiger partial charge in [-0.3, -0.25) is 14.9 Å². The zero-order valence-corrected chi connectivity index (χ0v) is 21.9. The first-order chi connectivity index (χ1) is 18.2. The van der Waals surface area contributed by atoms with Crippen LogP contribution in [-0.2, 0) is 0 Å². The Morgan fingerprint density at radius 2 is 1.66 bits per heavy atom. The zero-order valence-electron chi connectivity index (χ0n) is 20.3. The number of aryl methyl sites for hydroxylation is 1. The number of aromatic nitrogens is 1. The van der Waals surface area contributed by atoms with E-state index in [-0.39, 0.29) is 19.0 Å². The van der Waals surface area contributed by atoms with Gasteiger partial charge in [0, 0.05) is 35.7 Å². The van der Waals surface area contributed by atoms with Crippen LogP contribution < -0.4 is 0 Å². The molecule has 0 N–H and O–H groups in total. The molecule has 0 radical (unpaired) electrons. The first-order valence-corrected chi connectivity index (χ1v) is 13.2. The van der Waals surface area contributed by atoms with E-state index in [1.807, 2.05) is 31.2 Å². The van der Waals surface area contributed by atoms with Gasteiger partial charge in [-0.05, 0) is 43.5 Å². The van der Waals surface area contributed by atoms with E-state index in [1.54, 1.807) is 11.3 Å². The van der Waals surface area contributed by atoms with Gasteiger partial charge in [0.1, 0.15) is 11.4 Å². The van der Waals surface area contributed by atoms with Gasteiger partial charge in [-0.2, -0.15) is 4.39 Å². The van der Waals surface area contributed by atoms with Crippen LogP contribution in [0.15, 0.2) is 60.7 Å². The smallest absolute Gasteiger partial charge is 0.305 e. The van der Waals surface area contributed by atoms with Crippen molar-refractivity contribution in [3.05, 3.63) is 104 Å². The molecule has 5 rings (SSSR count). The Bertz CT molecular complexity index is 1450. The van der Waals surface area contributed by atoms with Crippen LogP contribution in [-0.4, -0.2) is 33.8 Å². The second-order valence-corrected chi connectivity index (χ2v) is 10.6. The van der Waals surface area contributed by atoms with E-state index in [0.29, 0.717) is 17.9 Å². The SMILES string of the molecule is Cc1ccc(-c2sc(C3CCN(C(=O)c4c(F)ccc([N+](=O)[O-])c4F)CC3)nc2-c2ccc(Cl)cc2)cc1. The van der Waals surface area contributed by atoms with Crippen molar-refractivity contribution in [1.82, 2.24) is 9.88 Å². The number of nitro groups is 1. The normalized spacial score (nSPS) is 14.1. The Hall–Kier alpha value is -3.69. The minimum atomic E-state index is -1.45. The van der Waals surface area contributed by atoms with Gasteiger partial charge >= 0.3 is 5.69 Å². The molecule has 0 aliphatic carbocycles. The first-order valence-electron chi connectivity index (χ1n) is 12.0. The number of amides is 1. The highest BCUT2D eigenvalue weighted by Crippen LogP contribution is 2.42. The number of hydrogen-bond acceptors (Lipinski definition) is 5. The molecular formula is C28H22ClF2N3O3S. The molecule has 1 aromatic heterocycles. The number of carbonyl (C=O) groups excluding carboxylic acids is 1. The Labute approximate surface area is 226 Å². The molecule has 2 heterocycles. The third-order valence-corrected chi connectivity index (χ3v) is 8.21. The highest BCUT2D eigenvalue weighted by atomic mass is 35.5. The number of likely N-dealkylation sites (tertiary alicyclic amines) is 1. The fraction of sp³-hybridized carbons (Fsp3) is 0.214. The molecular weight excluding hydrogens is 532 g/mol. The topological polar surface area (TPSA) is 76.3 Å². The largest absolute Gasteiger partial charge is 0.338 e. The van der Waals surface area contributed by atoms with Crippen LogP contribution in [0.5, 0.6) is 0 Å². The van der Waals surface area contributed by atoms with Gasteiger partial charge in [0.15, 0.2) is 0 Å². The lowest BCUT2D eigenvalue weighted by molar-refractivity contribution is -0.387. The minimum absolute atomic E-state index is 0.0501. The Kier molecular flexibility index (Phi) is 7.23. The van der Waals surface area contributed by atoms with Crippen molar-refractivity contribution in [1.29, 1.82) is 0 Å². The summed E-state index contributed by atoms with van der Waals surface area (Å²) in [6.45, 7) is 2.53. The van der Waals surface area contributed by atoms with Gasteiger partial charge < -0.3 is 4.90 Å². The molecule has 6 nitrogen and oxygen atoms in total. The van der Waals surface area contributed by atoms with Crippen molar-refractivity contribution < 1.29 is 18.5 Å². The number of carbonyl (C=O) groups is 1. The molecule has 1 aliphatic heterocycles. The monoisotopic (exact) mass is 553 g/mol. The van der Waals surface area contributed by atoms with E-state index in [0.717, 1.165) is 44.4 Å². The van der Waals surface area contributed by atoms with E-state index in [4.69, 9.17) is 16.6 Å². The Morgan fingerprint density at radius 3 is 2.29 bits per heavy atom. The number of nitrogens with zero attached hydrogens (tertiary/aromatic N) is 3. The van der Waals surface area contributed by atoms with E-state index in [9.17, 15) is 23.7 Å². The fourth-order valence-electron chi connectivity index (χ4n) is 4.58. The van der Waals surface area contributed by atoms with Crippen molar-refractivity contribution in [2.45, 2.75) is 25.7 Å². The van der Waals surface area contributed by atoms with Crippen molar-refractivity contribution in [3.8, 4) is 21.7 Å². The molecule has 194 valence electrons. The van der Waals surface area contributed by atoms with Crippen LogP contribution in [0, 0.1) is 28.7 Å². The van der Waals surface area contributed by atoms with Gasteiger partial charge in [0.2, 0.25) is 5.82 Å². The molecule has 4 aromatic rings. The summed E-state index contributed by atoms with van der Waals surface area (Å²) in [5.74, 6) is -3.40. The molecule has 1 saturated heterocycles. The lowest BCUT2D eigenvalue weighted by atomic mass is 9.96. The maximum absolute atomic E-state index is 14.6. The standard InChI is InChI=1S/C28H22ClF2N3O3S/c1-16-2-4-18(5-3-16)26-25(17-6-8-20(29)9-7-17)32-27(38-26)19-12-14-33(15-13-19)28(35)23-21(30)10-11-22(24(23)31)34(36)37/h2-11,19H,12-15H2,1H3. The van der Waals surface area contributed by atoms with Crippen molar-refractivity contribution in [3.63, 3.8) is 0 Å². The van der Waals surface area contributed by atoms with Gasteiger partial charge in [0.05, 0.1) is 20.5 Å². The molecule has 0 atom stereocenters. The highest BCUT2D eigenvalue weighted by molar-refractivity contribution is 7.15. The summed E-state index contributed by atoms with van der Waals surface area (Å²) in [6, 6.07) is 17.2. The molecule has 3 aromatic carbocycles. The van der Waals surface area contributed by atoms with E-state index in [1.165, 1.54) is 4.90 Å². The van der Waals surface area contributed by atoms with E-state index in [2.05, 4.69) is 24.3 Å². The quantitative estimate of drug-likeness (QED) is 0.188. The van der Waals surface area contributed by atoms with Gasteiger partial charge in [-0.15, -0.1) is 11.3 Å². The Morgan fingerprint density at radius 1 is 1.03 bits per heavy atom. The number of nitro benzene ring substituents is 1. The molecule has 38 heavy (non-hydrogen) atoms. The summed E-state index contributed by atoms with van der Waals surface area (Å²) in [6.07, 6.45) is 1.09. The first kappa shape index (κ1) is 25.9. The molecule has 1 aliphatic rings. The number of thiazole rings is 1. The van der Waals surface area contributed by atoms with Gasteiger partial charge in [-0.25, -0.2) is 9.37 Å². The van der Waals surface area contributed by atoms with Gasteiger partial charge in [0.25, 0.3) is 5.91 Å². The number of benzene rings is 3. The summed E-state index contributed by atoms with van der Waals surface area (Å²) in [5.41, 5.74) is 2.18. The lowest BCUT2D eigenvalue weighted by Gasteiger charge is -2.31. The summed E-state index contributed by atoms with van der Waals surface area (Å²) in [4.78, 5) is 30.4. The maximum Gasteiger partial charge on any atom is 0.305 e. The average molecular weight is 554 g/mol. The third kappa shape index (κ3) is 5.04. The second-order valence-electron chi connectivity index (χ2n) is 9.18. The zero-order chi connectivity index (χ0) is 27.0. The summed E-state index contributed by atoms with van der Waals surface area (Å²) in [5, 5.41) is 12.6. The van der Waals surface area contributed by atoms with Crippen LogP contribution in [0.2, 0.25) is 5.02 Å². The molecule has 1 fully saturated rings. The minimum Gasteiger partial charge on any atom is -0.338 e. The predicted octanol–water partition coefficient (Wildman–Crippen LogP) is 7.65. The van der Waals surface area contributed by atoms with Crippen molar-refractivity contribution >= 4 is 34.5 Å².